The number of benzene rings is 1. The molecular weight excluding hydrogens is 409 g/mol. The van der Waals surface area contributed by atoms with Crippen LogP contribution in [-0.2, 0) is 17.1 Å². The molecule has 0 unspecified atom stereocenters. The number of nitrogens with zero attached hydrogens (tertiary/aromatic N) is 2. The quantitative estimate of drug-likeness (QED) is 0.749. The first-order chi connectivity index (χ1) is 12.8. The van der Waals surface area contributed by atoms with Gasteiger partial charge in [0.05, 0.1) is 0 Å². The highest BCUT2D eigenvalue weighted by atomic mass is 32.2. The number of carbonyl (C=O) groups is 1. The fourth-order valence-electron chi connectivity index (χ4n) is 2.30. The molecule has 2 aromatic rings. The molecule has 154 valence electrons. The van der Waals surface area contributed by atoms with E-state index >= 15 is 0 Å². The summed E-state index contributed by atoms with van der Waals surface area (Å²) in [6.45, 7) is 0.612. The van der Waals surface area contributed by atoms with Crippen molar-refractivity contribution in [3.05, 3.63) is 47.8 Å². The van der Waals surface area contributed by atoms with E-state index in [1.807, 2.05) is 0 Å². The maximum atomic E-state index is 14.7. The minimum Gasteiger partial charge on any atom is -0.343 e. The second-order valence-corrected chi connectivity index (χ2v) is 7.93. The van der Waals surface area contributed by atoms with Gasteiger partial charge in [0.25, 0.3) is 5.91 Å². The standard InChI is InChI=1S/C16H16F5N3O3S/c1-9(16(19,20)21)24(3)28(26,27)12-8-23(2)14(13(12)18)15(25)22-11-6-4-10(17)5-7-11/h4-9H,1-3H3,(H,22,25)/t9-/m1/s1. The minimum atomic E-state index is -4.88. The average molecular weight is 425 g/mol. The molecule has 6 nitrogen and oxygen atoms in total. The van der Waals surface area contributed by atoms with Crippen LogP contribution < -0.4 is 5.32 Å². The molecule has 1 N–H and O–H groups in total. The molecule has 1 aromatic heterocycles. The smallest absolute Gasteiger partial charge is 0.343 e. The van der Waals surface area contributed by atoms with Crippen LogP contribution in [-0.4, -0.2) is 42.5 Å². The van der Waals surface area contributed by atoms with Crippen molar-refractivity contribution in [2.24, 2.45) is 7.05 Å². The molecule has 12 heteroatoms. The predicted molar refractivity (Wildman–Crippen MR) is 90.2 cm³/mol. The maximum Gasteiger partial charge on any atom is 0.404 e. The molecular formula is C16H16F5N3O3S. The minimum absolute atomic E-state index is 0.0208. The third kappa shape index (κ3) is 4.17. The van der Waals surface area contributed by atoms with Gasteiger partial charge in [0.2, 0.25) is 10.0 Å². The van der Waals surface area contributed by atoms with Gasteiger partial charge < -0.3 is 9.88 Å². The fourth-order valence-corrected chi connectivity index (χ4v) is 3.76. The first-order valence-corrected chi connectivity index (χ1v) is 9.17. The van der Waals surface area contributed by atoms with Gasteiger partial charge in [-0.05, 0) is 31.2 Å². The molecule has 1 atom stereocenters. The number of aromatic nitrogens is 1. The lowest BCUT2D eigenvalue weighted by Gasteiger charge is -2.25. The van der Waals surface area contributed by atoms with Crippen LogP contribution in [0.25, 0.3) is 0 Å². The number of carbonyl (C=O) groups excluding carboxylic acids is 1. The highest BCUT2D eigenvalue weighted by Crippen LogP contribution is 2.30. The molecule has 0 aliphatic rings. The summed E-state index contributed by atoms with van der Waals surface area (Å²) in [7, 11) is -3.05. The Hall–Kier alpha value is -2.47. The van der Waals surface area contributed by atoms with E-state index in [4.69, 9.17) is 0 Å². The number of nitrogens with one attached hydrogen (secondary N) is 1. The lowest BCUT2D eigenvalue weighted by atomic mass is 10.3. The second-order valence-electron chi connectivity index (χ2n) is 5.97. The highest BCUT2D eigenvalue weighted by molar-refractivity contribution is 7.89. The van der Waals surface area contributed by atoms with Crippen molar-refractivity contribution in [2.75, 3.05) is 12.4 Å². The van der Waals surface area contributed by atoms with Crippen molar-refractivity contribution < 1.29 is 35.2 Å². The second kappa shape index (κ2) is 7.51. The van der Waals surface area contributed by atoms with Crippen LogP contribution in [0.2, 0.25) is 0 Å². The zero-order valence-corrected chi connectivity index (χ0v) is 15.7. The van der Waals surface area contributed by atoms with Crippen LogP contribution in [0.4, 0.5) is 27.6 Å². The van der Waals surface area contributed by atoms with Crippen LogP contribution >= 0.6 is 0 Å². The van der Waals surface area contributed by atoms with E-state index in [2.05, 4.69) is 5.32 Å². The Morgan fingerprint density at radius 2 is 1.71 bits per heavy atom. The molecule has 0 fully saturated rings. The summed E-state index contributed by atoms with van der Waals surface area (Å²) >= 11 is 0. The van der Waals surface area contributed by atoms with Crippen molar-refractivity contribution in [2.45, 2.75) is 24.0 Å². The van der Waals surface area contributed by atoms with Gasteiger partial charge in [-0.2, -0.15) is 17.5 Å². The van der Waals surface area contributed by atoms with E-state index < -0.39 is 50.4 Å². The highest BCUT2D eigenvalue weighted by Gasteiger charge is 2.44. The van der Waals surface area contributed by atoms with E-state index in [-0.39, 0.29) is 9.99 Å². The number of anilines is 1. The van der Waals surface area contributed by atoms with Crippen LogP contribution in [0.3, 0.4) is 0 Å². The number of amides is 1. The fraction of sp³-hybridized carbons (Fsp3) is 0.312. The SMILES string of the molecule is C[C@@H](N(C)S(=O)(=O)c1cn(C)c(C(=O)Nc2ccc(F)cc2)c1F)C(F)(F)F. The number of hydrogen-bond donors (Lipinski definition) is 1. The van der Waals surface area contributed by atoms with Gasteiger partial charge in [-0.15, -0.1) is 0 Å². The van der Waals surface area contributed by atoms with Gasteiger partial charge in [-0.25, -0.2) is 17.2 Å². The van der Waals surface area contributed by atoms with Crippen molar-refractivity contribution in [1.82, 2.24) is 8.87 Å². The Morgan fingerprint density at radius 3 is 2.21 bits per heavy atom. The van der Waals surface area contributed by atoms with Crippen molar-refractivity contribution in [3.63, 3.8) is 0 Å². The van der Waals surface area contributed by atoms with E-state index in [1.54, 1.807) is 0 Å². The number of hydrogen-bond acceptors (Lipinski definition) is 3. The van der Waals surface area contributed by atoms with Gasteiger partial charge in [0, 0.05) is 26.0 Å². The molecule has 0 saturated carbocycles. The summed E-state index contributed by atoms with van der Waals surface area (Å²) in [6.07, 6.45) is -4.15. The van der Waals surface area contributed by atoms with Gasteiger partial charge >= 0.3 is 6.18 Å². The Labute approximate surface area is 157 Å². The molecule has 0 radical (unpaired) electrons. The van der Waals surface area contributed by atoms with Gasteiger partial charge in [0.1, 0.15) is 22.4 Å². The van der Waals surface area contributed by atoms with Crippen LogP contribution in [0.5, 0.6) is 0 Å². The molecule has 1 amide bonds. The molecule has 0 bridgehead atoms. The molecule has 2 rings (SSSR count). The summed E-state index contributed by atoms with van der Waals surface area (Å²) < 4.78 is 91.8. The van der Waals surface area contributed by atoms with E-state index in [9.17, 15) is 35.2 Å². The Kier molecular flexibility index (Phi) is 5.85. The monoisotopic (exact) mass is 425 g/mol. The molecule has 0 aliphatic heterocycles. The number of halogens is 5. The molecule has 0 spiro atoms. The van der Waals surface area contributed by atoms with E-state index in [1.165, 1.54) is 12.1 Å². The average Bonchev–Trinajstić information content (AvgIpc) is 2.89. The molecule has 0 aliphatic carbocycles. The van der Waals surface area contributed by atoms with E-state index in [0.717, 1.165) is 23.7 Å². The summed E-state index contributed by atoms with van der Waals surface area (Å²) in [4.78, 5) is 11.2. The molecule has 28 heavy (non-hydrogen) atoms. The maximum absolute atomic E-state index is 14.7. The Balaban J connectivity index is 2.39. The van der Waals surface area contributed by atoms with Crippen molar-refractivity contribution in [1.29, 1.82) is 0 Å². The molecule has 0 saturated heterocycles. The lowest BCUT2D eigenvalue weighted by Crippen LogP contribution is -2.44. The number of sulfonamides is 1. The third-order valence-electron chi connectivity index (χ3n) is 4.08. The summed E-state index contributed by atoms with van der Waals surface area (Å²) in [5.41, 5.74) is -0.602. The summed E-state index contributed by atoms with van der Waals surface area (Å²) in [5.74, 6) is -3.12. The van der Waals surface area contributed by atoms with Gasteiger partial charge in [0.15, 0.2) is 5.82 Å². The third-order valence-corrected chi connectivity index (χ3v) is 6.00. The van der Waals surface area contributed by atoms with Crippen LogP contribution in [0.1, 0.15) is 17.4 Å². The number of rotatable bonds is 5. The molecule has 1 aromatic carbocycles. The normalized spacial score (nSPS) is 13.6. The zero-order chi connectivity index (χ0) is 21.4. The predicted octanol–water partition coefficient (Wildman–Crippen LogP) is 3.13. The zero-order valence-electron chi connectivity index (χ0n) is 14.9. The van der Waals surface area contributed by atoms with Gasteiger partial charge in [-0.1, -0.05) is 0 Å². The topological polar surface area (TPSA) is 71.4 Å². The largest absolute Gasteiger partial charge is 0.404 e. The summed E-state index contributed by atoms with van der Waals surface area (Å²) in [6, 6.07) is 2.07. The van der Waals surface area contributed by atoms with Crippen molar-refractivity contribution in [3.8, 4) is 0 Å². The first-order valence-electron chi connectivity index (χ1n) is 7.73. The van der Waals surface area contributed by atoms with Crippen LogP contribution in [0, 0.1) is 11.6 Å². The number of aryl methyl sites for hydroxylation is 1. The lowest BCUT2D eigenvalue weighted by molar-refractivity contribution is -0.164. The number of alkyl halides is 3. The summed E-state index contributed by atoms with van der Waals surface area (Å²) in [5, 5.41) is 2.25. The van der Waals surface area contributed by atoms with Gasteiger partial charge in [-0.3, -0.25) is 4.79 Å². The first kappa shape index (κ1) is 21.8. The van der Waals surface area contributed by atoms with Crippen LogP contribution in [0.15, 0.2) is 35.4 Å². The van der Waals surface area contributed by atoms with Crippen molar-refractivity contribution >= 4 is 21.6 Å². The molecule has 1 heterocycles. The Morgan fingerprint density at radius 1 is 1.18 bits per heavy atom. The van der Waals surface area contributed by atoms with E-state index in [0.29, 0.717) is 20.2 Å². The Bertz CT molecular complexity index is 984.